The lowest BCUT2D eigenvalue weighted by molar-refractivity contribution is -0.384. The number of hydrogen-bond donors (Lipinski definition) is 1. The molecule has 1 amide bonds. The predicted octanol–water partition coefficient (Wildman–Crippen LogP) is 3.03. The van der Waals surface area contributed by atoms with E-state index in [0.29, 0.717) is 0 Å². The van der Waals surface area contributed by atoms with Crippen LogP contribution in [-0.4, -0.2) is 15.8 Å². The van der Waals surface area contributed by atoms with E-state index in [4.69, 9.17) is 11.6 Å². The first-order valence-corrected chi connectivity index (χ1v) is 5.72. The summed E-state index contributed by atoms with van der Waals surface area (Å²) in [4.78, 5) is 25.6. The summed E-state index contributed by atoms with van der Waals surface area (Å²) in [5.41, 5.74) is -0.321. The number of amides is 1. The lowest BCUT2D eigenvalue weighted by Gasteiger charge is -2.05. The van der Waals surface area contributed by atoms with Crippen LogP contribution < -0.4 is 5.32 Å². The van der Waals surface area contributed by atoms with E-state index in [9.17, 15) is 19.3 Å². The zero-order valence-electron chi connectivity index (χ0n) is 9.84. The molecule has 8 heteroatoms. The largest absolute Gasteiger partial charge is 0.307 e. The topological polar surface area (TPSA) is 85.1 Å². The minimum Gasteiger partial charge on any atom is -0.307 e. The van der Waals surface area contributed by atoms with Gasteiger partial charge in [0.2, 0.25) is 0 Å². The molecule has 0 unspecified atom stereocenters. The summed E-state index contributed by atoms with van der Waals surface area (Å²) in [6, 6.07) is 5.89. The first kappa shape index (κ1) is 13.9. The second kappa shape index (κ2) is 5.62. The van der Waals surface area contributed by atoms with Crippen LogP contribution in [0.3, 0.4) is 0 Å². The fourth-order valence-corrected chi connectivity index (χ4v) is 1.64. The Hall–Kier alpha value is -2.54. The number of carbonyl (C=O) groups is 1. The van der Waals surface area contributed by atoms with Gasteiger partial charge in [0.25, 0.3) is 11.6 Å². The Kier molecular flexibility index (Phi) is 3.90. The van der Waals surface area contributed by atoms with Gasteiger partial charge in [0.15, 0.2) is 0 Å². The van der Waals surface area contributed by atoms with Crippen LogP contribution in [-0.2, 0) is 0 Å². The average molecular weight is 296 g/mol. The van der Waals surface area contributed by atoms with Crippen molar-refractivity contribution in [1.82, 2.24) is 4.98 Å². The van der Waals surface area contributed by atoms with Crippen molar-refractivity contribution in [1.29, 1.82) is 0 Å². The van der Waals surface area contributed by atoms with Crippen molar-refractivity contribution in [2.24, 2.45) is 0 Å². The quantitative estimate of drug-likeness (QED) is 0.696. The highest BCUT2D eigenvalue weighted by Crippen LogP contribution is 2.22. The summed E-state index contributed by atoms with van der Waals surface area (Å²) in [6.45, 7) is 0. The van der Waals surface area contributed by atoms with Gasteiger partial charge in [-0.3, -0.25) is 14.9 Å². The number of non-ortho nitro benzene ring substituents is 1. The Morgan fingerprint density at radius 1 is 1.35 bits per heavy atom. The van der Waals surface area contributed by atoms with E-state index in [1.807, 2.05) is 0 Å². The summed E-state index contributed by atoms with van der Waals surface area (Å²) in [5, 5.41) is 13.1. The van der Waals surface area contributed by atoms with Crippen LogP contribution in [0.15, 0.2) is 36.5 Å². The third kappa shape index (κ3) is 3.07. The fourth-order valence-electron chi connectivity index (χ4n) is 1.43. The lowest BCUT2D eigenvalue weighted by atomic mass is 10.2. The molecule has 1 aromatic heterocycles. The van der Waals surface area contributed by atoms with Gasteiger partial charge in [-0.1, -0.05) is 11.6 Å². The van der Waals surface area contributed by atoms with E-state index in [1.165, 1.54) is 18.2 Å². The molecule has 20 heavy (non-hydrogen) atoms. The number of nitro groups is 1. The minimum absolute atomic E-state index is 0.0630. The number of nitro benzene ring substituents is 1. The van der Waals surface area contributed by atoms with Crippen LogP contribution in [0.1, 0.15) is 10.4 Å². The number of anilines is 1. The second-order valence-corrected chi connectivity index (χ2v) is 4.14. The molecule has 0 saturated carbocycles. The van der Waals surface area contributed by atoms with Crippen molar-refractivity contribution >= 4 is 29.0 Å². The second-order valence-electron chi connectivity index (χ2n) is 3.74. The number of pyridine rings is 1. The van der Waals surface area contributed by atoms with Crippen molar-refractivity contribution < 1.29 is 14.1 Å². The molecule has 1 heterocycles. The normalized spacial score (nSPS) is 10.1. The van der Waals surface area contributed by atoms with Gasteiger partial charge in [-0.15, -0.1) is 0 Å². The van der Waals surface area contributed by atoms with Gasteiger partial charge < -0.3 is 5.32 Å². The number of rotatable bonds is 3. The monoisotopic (exact) mass is 295 g/mol. The molecule has 6 nitrogen and oxygen atoms in total. The molecule has 0 saturated heterocycles. The molecule has 2 rings (SSSR count). The number of aromatic nitrogens is 1. The van der Waals surface area contributed by atoms with Crippen LogP contribution in [0, 0.1) is 15.9 Å². The van der Waals surface area contributed by atoms with Crippen LogP contribution in [0.2, 0.25) is 5.02 Å². The maximum Gasteiger partial charge on any atom is 0.270 e. The number of halogens is 2. The Morgan fingerprint density at radius 3 is 2.70 bits per heavy atom. The zero-order valence-corrected chi connectivity index (χ0v) is 10.6. The van der Waals surface area contributed by atoms with E-state index in [2.05, 4.69) is 10.3 Å². The van der Waals surface area contributed by atoms with Crippen molar-refractivity contribution in [3.63, 3.8) is 0 Å². The molecule has 2 aromatic rings. The summed E-state index contributed by atoms with van der Waals surface area (Å²) in [5.74, 6) is -1.10. The van der Waals surface area contributed by atoms with Gasteiger partial charge in [-0.2, -0.15) is 0 Å². The Labute approximate surface area is 117 Å². The molecule has 1 aromatic carbocycles. The summed E-state index contributed by atoms with van der Waals surface area (Å²) in [6.07, 6.45) is 0.935. The third-order valence-corrected chi connectivity index (χ3v) is 2.70. The van der Waals surface area contributed by atoms with Gasteiger partial charge in [-0.05, 0) is 18.2 Å². The highest BCUT2D eigenvalue weighted by molar-refractivity contribution is 6.34. The van der Waals surface area contributed by atoms with Gasteiger partial charge in [-0.25, -0.2) is 9.37 Å². The molecule has 0 aliphatic heterocycles. The van der Waals surface area contributed by atoms with E-state index in [0.717, 1.165) is 18.3 Å². The van der Waals surface area contributed by atoms with Crippen LogP contribution in [0.25, 0.3) is 0 Å². The van der Waals surface area contributed by atoms with Crippen LogP contribution >= 0.6 is 11.6 Å². The molecule has 0 radical (unpaired) electrons. The Bertz CT molecular complexity index is 676. The van der Waals surface area contributed by atoms with Crippen LogP contribution in [0.5, 0.6) is 0 Å². The molecule has 0 atom stereocenters. The van der Waals surface area contributed by atoms with Gasteiger partial charge >= 0.3 is 0 Å². The first-order valence-electron chi connectivity index (χ1n) is 5.34. The standard InChI is InChI=1S/C12H7ClFN3O3/c13-10-3-2-8(17(19)20)5-9(10)12(18)16-11-4-1-7(14)6-15-11/h1-6H,(H,15,16,18). The highest BCUT2D eigenvalue weighted by atomic mass is 35.5. The summed E-state index contributed by atoms with van der Waals surface area (Å²) < 4.78 is 12.7. The Morgan fingerprint density at radius 2 is 2.10 bits per heavy atom. The van der Waals surface area contributed by atoms with Crippen molar-refractivity contribution in [3.05, 3.63) is 63.0 Å². The van der Waals surface area contributed by atoms with E-state index in [-0.39, 0.29) is 22.1 Å². The molecular formula is C12H7ClFN3O3. The molecule has 0 aliphatic carbocycles. The molecule has 0 aliphatic rings. The number of carbonyl (C=O) groups excluding carboxylic acids is 1. The van der Waals surface area contributed by atoms with E-state index in [1.54, 1.807) is 0 Å². The fraction of sp³-hybridized carbons (Fsp3) is 0. The third-order valence-electron chi connectivity index (χ3n) is 2.37. The van der Waals surface area contributed by atoms with Crippen molar-refractivity contribution in [2.45, 2.75) is 0 Å². The summed E-state index contributed by atoms with van der Waals surface area (Å²) in [7, 11) is 0. The number of hydrogen-bond acceptors (Lipinski definition) is 4. The van der Waals surface area contributed by atoms with E-state index >= 15 is 0 Å². The SMILES string of the molecule is O=C(Nc1ccc(F)cn1)c1cc([N+](=O)[O-])ccc1Cl. The van der Waals surface area contributed by atoms with Gasteiger partial charge in [0.1, 0.15) is 11.6 Å². The van der Waals surface area contributed by atoms with E-state index < -0.39 is 16.6 Å². The van der Waals surface area contributed by atoms with Gasteiger partial charge in [0.05, 0.1) is 21.7 Å². The maximum atomic E-state index is 12.7. The maximum absolute atomic E-state index is 12.7. The zero-order chi connectivity index (χ0) is 14.7. The van der Waals surface area contributed by atoms with Crippen molar-refractivity contribution in [3.8, 4) is 0 Å². The highest BCUT2D eigenvalue weighted by Gasteiger charge is 2.16. The molecule has 0 spiro atoms. The van der Waals surface area contributed by atoms with Crippen LogP contribution in [0.4, 0.5) is 15.9 Å². The minimum atomic E-state index is -0.669. The predicted molar refractivity (Wildman–Crippen MR) is 70.3 cm³/mol. The average Bonchev–Trinajstić information content (AvgIpc) is 2.41. The molecule has 1 N–H and O–H groups in total. The molecule has 0 bridgehead atoms. The Balaban J connectivity index is 2.26. The molecule has 102 valence electrons. The first-order chi connectivity index (χ1) is 9.47. The molecular weight excluding hydrogens is 289 g/mol. The number of benzene rings is 1. The van der Waals surface area contributed by atoms with Gasteiger partial charge in [0, 0.05) is 12.1 Å². The summed E-state index contributed by atoms with van der Waals surface area (Å²) >= 11 is 5.82. The molecule has 0 fully saturated rings. The number of nitrogens with zero attached hydrogens (tertiary/aromatic N) is 2. The lowest BCUT2D eigenvalue weighted by Crippen LogP contribution is -2.13. The smallest absolute Gasteiger partial charge is 0.270 e. The van der Waals surface area contributed by atoms with Crippen molar-refractivity contribution in [2.75, 3.05) is 5.32 Å². The number of nitrogens with one attached hydrogen (secondary N) is 1.